The Morgan fingerprint density at radius 1 is 1.22 bits per heavy atom. The fraction of sp³-hybridized carbons (Fsp3) is 0.556. The van der Waals surface area contributed by atoms with Crippen LogP contribution in [0.15, 0.2) is 24.3 Å². The van der Waals surface area contributed by atoms with Gasteiger partial charge in [-0.05, 0) is 36.8 Å². The van der Waals surface area contributed by atoms with Crippen molar-refractivity contribution in [1.29, 1.82) is 0 Å². The topological polar surface area (TPSA) is 78.4 Å². The summed E-state index contributed by atoms with van der Waals surface area (Å²) in [6.45, 7) is 2.20. The normalized spacial score (nSPS) is 16.1. The van der Waals surface area contributed by atoms with Gasteiger partial charge in [0, 0.05) is 12.2 Å². The van der Waals surface area contributed by atoms with E-state index in [-0.39, 0.29) is 12.5 Å². The molecule has 1 aliphatic carbocycles. The summed E-state index contributed by atoms with van der Waals surface area (Å²) in [6.07, 6.45) is 5.49. The fourth-order valence-corrected chi connectivity index (χ4v) is 3.10. The molecule has 1 saturated carbocycles. The van der Waals surface area contributed by atoms with Crippen LogP contribution in [-0.4, -0.2) is 29.6 Å². The van der Waals surface area contributed by atoms with Crippen molar-refractivity contribution in [2.24, 2.45) is 5.92 Å². The largest absolute Gasteiger partial charge is 0.391 e. The fourth-order valence-electron chi connectivity index (χ4n) is 3.10. The van der Waals surface area contributed by atoms with E-state index in [0.29, 0.717) is 5.69 Å². The van der Waals surface area contributed by atoms with Crippen molar-refractivity contribution >= 4 is 17.5 Å². The third-order valence-electron chi connectivity index (χ3n) is 4.41. The van der Waals surface area contributed by atoms with Gasteiger partial charge in [0.2, 0.25) is 0 Å². The summed E-state index contributed by atoms with van der Waals surface area (Å²) in [4.78, 5) is 23.9. The van der Waals surface area contributed by atoms with E-state index < -0.39 is 17.9 Å². The zero-order valence-electron chi connectivity index (χ0n) is 13.7. The summed E-state index contributed by atoms with van der Waals surface area (Å²) < 4.78 is 0. The Kier molecular flexibility index (Phi) is 6.59. The Hall–Kier alpha value is -1.88. The summed E-state index contributed by atoms with van der Waals surface area (Å²) in [5.41, 5.74) is 1.69. The molecular formula is C18H26N2O3. The minimum Gasteiger partial charge on any atom is -0.391 e. The highest BCUT2D eigenvalue weighted by Gasteiger charge is 2.24. The number of carbonyl (C=O) groups is 2. The SMILES string of the molecule is CCCc1ccccc1NC(=O)C(=O)NCC(O)C1CCCC1. The molecule has 5 nitrogen and oxygen atoms in total. The summed E-state index contributed by atoms with van der Waals surface area (Å²) >= 11 is 0. The number of carbonyl (C=O) groups excluding carboxylic acids is 2. The number of benzene rings is 1. The van der Waals surface area contributed by atoms with Crippen LogP contribution in [-0.2, 0) is 16.0 Å². The molecule has 5 heteroatoms. The number of aliphatic hydroxyl groups excluding tert-OH is 1. The molecular weight excluding hydrogens is 292 g/mol. The van der Waals surface area contributed by atoms with Crippen LogP contribution in [0.1, 0.15) is 44.6 Å². The molecule has 23 heavy (non-hydrogen) atoms. The molecule has 1 fully saturated rings. The highest BCUT2D eigenvalue weighted by molar-refractivity contribution is 6.39. The van der Waals surface area contributed by atoms with Gasteiger partial charge in [0.15, 0.2) is 0 Å². The van der Waals surface area contributed by atoms with E-state index in [0.717, 1.165) is 44.1 Å². The predicted molar refractivity (Wildman–Crippen MR) is 90.0 cm³/mol. The van der Waals surface area contributed by atoms with Crippen molar-refractivity contribution < 1.29 is 14.7 Å². The highest BCUT2D eigenvalue weighted by Crippen LogP contribution is 2.27. The Labute approximate surface area is 137 Å². The van der Waals surface area contributed by atoms with Crippen molar-refractivity contribution in [3.05, 3.63) is 29.8 Å². The summed E-state index contributed by atoms with van der Waals surface area (Å²) in [7, 11) is 0. The second kappa shape index (κ2) is 8.67. The van der Waals surface area contributed by atoms with Crippen molar-refractivity contribution in [3.8, 4) is 0 Å². The first-order valence-corrected chi connectivity index (χ1v) is 8.47. The molecule has 1 aromatic rings. The maximum absolute atomic E-state index is 12.0. The van der Waals surface area contributed by atoms with E-state index >= 15 is 0 Å². The van der Waals surface area contributed by atoms with Crippen LogP contribution in [0.5, 0.6) is 0 Å². The zero-order chi connectivity index (χ0) is 16.7. The molecule has 0 heterocycles. The molecule has 0 radical (unpaired) electrons. The number of aryl methyl sites for hydroxylation is 1. The van der Waals surface area contributed by atoms with E-state index in [9.17, 15) is 14.7 Å². The third kappa shape index (κ3) is 5.06. The average molecular weight is 318 g/mol. The average Bonchev–Trinajstić information content (AvgIpc) is 3.09. The lowest BCUT2D eigenvalue weighted by molar-refractivity contribution is -0.136. The van der Waals surface area contributed by atoms with Crippen LogP contribution in [0.3, 0.4) is 0 Å². The van der Waals surface area contributed by atoms with Gasteiger partial charge in [0.25, 0.3) is 0 Å². The molecule has 0 spiro atoms. The number of hydrogen-bond donors (Lipinski definition) is 3. The summed E-state index contributed by atoms with van der Waals surface area (Å²) in [5, 5.41) is 15.2. The maximum Gasteiger partial charge on any atom is 0.313 e. The van der Waals surface area contributed by atoms with E-state index in [1.807, 2.05) is 18.2 Å². The first-order valence-electron chi connectivity index (χ1n) is 8.47. The Bertz CT molecular complexity index is 539. The first-order chi connectivity index (χ1) is 11.1. The van der Waals surface area contributed by atoms with Crippen LogP contribution in [0.2, 0.25) is 0 Å². The number of rotatable bonds is 6. The highest BCUT2D eigenvalue weighted by atomic mass is 16.3. The minimum absolute atomic E-state index is 0.132. The molecule has 1 unspecified atom stereocenters. The summed E-state index contributed by atoms with van der Waals surface area (Å²) in [6, 6.07) is 7.49. The molecule has 3 N–H and O–H groups in total. The Balaban J connectivity index is 1.84. The van der Waals surface area contributed by atoms with E-state index in [4.69, 9.17) is 0 Å². The number of para-hydroxylation sites is 1. The number of hydrogen-bond acceptors (Lipinski definition) is 3. The molecule has 2 amide bonds. The van der Waals surface area contributed by atoms with Gasteiger partial charge in [0.1, 0.15) is 0 Å². The van der Waals surface area contributed by atoms with Crippen LogP contribution < -0.4 is 10.6 Å². The molecule has 1 aliphatic rings. The van der Waals surface area contributed by atoms with Gasteiger partial charge in [-0.3, -0.25) is 9.59 Å². The van der Waals surface area contributed by atoms with Crippen LogP contribution >= 0.6 is 0 Å². The third-order valence-corrected chi connectivity index (χ3v) is 4.41. The van der Waals surface area contributed by atoms with Crippen LogP contribution in [0.4, 0.5) is 5.69 Å². The van der Waals surface area contributed by atoms with Crippen molar-refractivity contribution in [1.82, 2.24) is 5.32 Å². The lowest BCUT2D eigenvalue weighted by atomic mass is 10.0. The quantitative estimate of drug-likeness (QED) is 0.704. The van der Waals surface area contributed by atoms with Gasteiger partial charge in [-0.2, -0.15) is 0 Å². The molecule has 0 saturated heterocycles. The minimum atomic E-state index is -0.701. The van der Waals surface area contributed by atoms with Crippen molar-refractivity contribution in [3.63, 3.8) is 0 Å². The molecule has 1 aromatic carbocycles. The number of nitrogens with one attached hydrogen (secondary N) is 2. The molecule has 1 atom stereocenters. The Morgan fingerprint density at radius 2 is 1.91 bits per heavy atom. The lowest BCUT2D eigenvalue weighted by Gasteiger charge is -2.18. The standard InChI is InChI=1S/C18H26N2O3/c1-2-7-13-8-5-6-11-15(13)20-18(23)17(22)19-12-16(21)14-9-3-4-10-14/h5-6,8,11,14,16,21H,2-4,7,9-10,12H2,1H3,(H,19,22)(H,20,23). The molecule has 0 aromatic heterocycles. The van der Waals surface area contributed by atoms with Gasteiger partial charge in [0.05, 0.1) is 6.10 Å². The van der Waals surface area contributed by atoms with Gasteiger partial charge in [-0.25, -0.2) is 0 Å². The predicted octanol–water partition coefficient (Wildman–Crippen LogP) is 2.24. The zero-order valence-corrected chi connectivity index (χ0v) is 13.7. The maximum atomic E-state index is 12.0. The molecule has 0 aliphatic heterocycles. The first kappa shape index (κ1) is 17.5. The van der Waals surface area contributed by atoms with E-state index in [1.165, 1.54) is 0 Å². The van der Waals surface area contributed by atoms with Gasteiger partial charge in [-0.15, -0.1) is 0 Å². The van der Waals surface area contributed by atoms with Crippen LogP contribution in [0, 0.1) is 5.92 Å². The second-order valence-corrected chi connectivity index (χ2v) is 6.18. The number of amides is 2. The molecule has 0 bridgehead atoms. The van der Waals surface area contributed by atoms with Gasteiger partial charge >= 0.3 is 11.8 Å². The monoisotopic (exact) mass is 318 g/mol. The number of aliphatic hydroxyl groups is 1. The smallest absolute Gasteiger partial charge is 0.313 e. The van der Waals surface area contributed by atoms with Gasteiger partial charge in [-0.1, -0.05) is 44.4 Å². The molecule has 2 rings (SSSR count). The lowest BCUT2D eigenvalue weighted by Crippen LogP contribution is -2.41. The second-order valence-electron chi connectivity index (χ2n) is 6.18. The van der Waals surface area contributed by atoms with E-state index in [1.54, 1.807) is 6.07 Å². The Morgan fingerprint density at radius 3 is 2.61 bits per heavy atom. The van der Waals surface area contributed by atoms with Crippen molar-refractivity contribution in [2.75, 3.05) is 11.9 Å². The summed E-state index contributed by atoms with van der Waals surface area (Å²) in [5.74, 6) is -1.15. The van der Waals surface area contributed by atoms with Crippen molar-refractivity contribution in [2.45, 2.75) is 51.6 Å². The molecule has 126 valence electrons. The van der Waals surface area contributed by atoms with E-state index in [2.05, 4.69) is 17.6 Å². The number of anilines is 1. The van der Waals surface area contributed by atoms with Gasteiger partial charge < -0.3 is 15.7 Å². The van der Waals surface area contributed by atoms with Crippen LogP contribution in [0.25, 0.3) is 0 Å².